The summed E-state index contributed by atoms with van der Waals surface area (Å²) in [5.41, 5.74) is 9.40. The first-order valence-electron chi connectivity index (χ1n) is 16.1. The maximum absolute atomic E-state index is 13.4. The van der Waals surface area contributed by atoms with E-state index in [4.69, 9.17) is 34.2 Å². The SMILES string of the molecule is COc1ccc(C(Nc2ncnc3c2ncn3C(CCN)COCP(=O)(OC(C)C)OC(C)C)(c2ccccc2)c2ccccc2)cc1. The number of ether oxygens (including phenoxy) is 2. The molecular formula is C36H45N6O5P. The van der Waals surface area contributed by atoms with Crippen molar-refractivity contribution in [2.75, 3.05) is 31.9 Å². The minimum Gasteiger partial charge on any atom is -0.497 e. The van der Waals surface area contributed by atoms with Gasteiger partial charge in [-0.05, 0) is 69.5 Å². The molecule has 254 valence electrons. The van der Waals surface area contributed by atoms with E-state index in [1.54, 1.807) is 13.4 Å². The zero-order valence-electron chi connectivity index (χ0n) is 28.2. The smallest absolute Gasteiger partial charge is 0.356 e. The van der Waals surface area contributed by atoms with E-state index in [2.05, 4.69) is 46.7 Å². The molecule has 0 fully saturated rings. The zero-order chi connectivity index (χ0) is 34.1. The summed E-state index contributed by atoms with van der Waals surface area (Å²) in [6, 6.07) is 28.3. The summed E-state index contributed by atoms with van der Waals surface area (Å²) in [5, 5.41) is 3.81. The Balaban J connectivity index is 1.54. The maximum atomic E-state index is 13.4. The van der Waals surface area contributed by atoms with Crippen LogP contribution in [0.25, 0.3) is 11.2 Å². The summed E-state index contributed by atoms with van der Waals surface area (Å²) >= 11 is 0. The molecule has 48 heavy (non-hydrogen) atoms. The highest BCUT2D eigenvalue weighted by molar-refractivity contribution is 7.53. The molecule has 2 heterocycles. The molecule has 3 aromatic carbocycles. The Morgan fingerprint density at radius 3 is 1.96 bits per heavy atom. The summed E-state index contributed by atoms with van der Waals surface area (Å²) in [5.74, 6) is 1.31. The van der Waals surface area contributed by atoms with Gasteiger partial charge in [0.15, 0.2) is 11.5 Å². The number of imidazole rings is 1. The van der Waals surface area contributed by atoms with E-state index in [1.165, 1.54) is 6.33 Å². The van der Waals surface area contributed by atoms with Crippen molar-refractivity contribution >= 4 is 24.6 Å². The van der Waals surface area contributed by atoms with E-state index in [9.17, 15) is 4.57 Å². The lowest BCUT2D eigenvalue weighted by Crippen LogP contribution is -2.38. The summed E-state index contributed by atoms with van der Waals surface area (Å²) in [6.45, 7) is 7.86. The van der Waals surface area contributed by atoms with Crippen LogP contribution in [-0.4, -0.2) is 58.3 Å². The van der Waals surface area contributed by atoms with Crippen LogP contribution >= 0.6 is 7.60 Å². The number of rotatable bonds is 17. The number of aromatic nitrogens is 4. The molecule has 0 aliphatic carbocycles. The average molecular weight is 673 g/mol. The lowest BCUT2D eigenvalue weighted by molar-refractivity contribution is 0.0849. The molecule has 3 N–H and O–H groups in total. The van der Waals surface area contributed by atoms with E-state index >= 15 is 0 Å². The van der Waals surface area contributed by atoms with E-state index in [0.717, 1.165) is 22.4 Å². The number of hydrogen-bond donors (Lipinski definition) is 2. The molecule has 0 aliphatic rings. The Morgan fingerprint density at radius 2 is 1.42 bits per heavy atom. The first-order valence-corrected chi connectivity index (χ1v) is 17.9. The fourth-order valence-corrected chi connectivity index (χ4v) is 7.63. The molecule has 0 spiro atoms. The predicted molar refractivity (Wildman–Crippen MR) is 188 cm³/mol. The number of benzene rings is 3. The Bertz CT molecular complexity index is 1730. The highest BCUT2D eigenvalue weighted by Gasteiger charge is 2.38. The van der Waals surface area contributed by atoms with Crippen molar-refractivity contribution in [1.82, 2.24) is 19.5 Å². The molecule has 0 bridgehead atoms. The molecule has 0 radical (unpaired) electrons. The number of fused-ring (bicyclic) bond motifs is 1. The van der Waals surface area contributed by atoms with Crippen LogP contribution < -0.4 is 15.8 Å². The van der Waals surface area contributed by atoms with Crippen LogP contribution in [0.3, 0.4) is 0 Å². The van der Waals surface area contributed by atoms with Crippen molar-refractivity contribution in [2.45, 2.75) is 57.9 Å². The monoisotopic (exact) mass is 672 g/mol. The van der Waals surface area contributed by atoms with E-state index in [0.29, 0.717) is 29.9 Å². The van der Waals surface area contributed by atoms with Gasteiger partial charge in [0.05, 0.1) is 38.3 Å². The van der Waals surface area contributed by atoms with Crippen molar-refractivity contribution in [2.24, 2.45) is 5.73 Å². The molecule has 1 unspecified atom stereocenters. The Kier molecular flexibility index (Phi) is 11.6. The third-order valence-electron chi connectivity index (χ3n) is 7.80. The van der Waals surface area contributed by atoms with Gasteiger partial charge in [0, 0.05) is 0 Å². The van der Waals surface area contributed by atoms with Crippen LogP contribution in [0.15, 0.2) is 97.6 Å². The van der Waals surface area contributed by atoms with Crippen molar-refractivity contribution in [3.8, 4) is 5.75 Å². The molecule has 0 aliphatic heterocycles. The van der Waals surface area contributed by atoms with Crippen LogP contribution in [0.2, 0.25) is 0 Å². The van der Waals surface area contributed by atoms with E-state index in [1.807, 2.05) is 80.8 Å². The molecule has 2 aromatic heterocycles. The number of anilines is 1. The first kappa shape index (κ1) is 35.2. The highest BCUT2D eigenvalue weighted by atomic mass is 31.2. The minimum atomic E-state index is -3.48. The number of nitrogens with zero attached hydrogens (tertiary/aromatic N) is 4. The van der Waals surface area contributed by atoms with Crippen molar-refractivity contribution in [3.05, 3.63) is 114 Å². The second kappa shape index (κ2) is 15.9. The van der Waals surface area contributed by atoms with Gasteiger partial charge in [-0.3, -0.25) is 4.57 Å². The molecule has 11 nitrogen and oxygen atoms in total. The summed E-state index contributed by atoms with van der Waals surface area (Å²) in [6.07, 6.45) is 3.08. The Morgan fingerprint density at radius 1 is 0.833 bits per heavy atom. The zero-order valence-corrected chi connectivity index (χ0v) is 29.0. The first-order chi connectivity index (χ1) is 23.2. The molecule has 0 saturated carbocycles. The molecular weight excluding hydrogens is 627 g/mol. The number of nitrogens with one attached hydrogen (secondary N) is 1. The maximum Gasteiger partial charge on any atom is 0.356 e. The van der Waals surface area contributed by atoms with Gasteiger partial charge in [-0.2, -0.15) is 0 Å². The van der Waals surface area contributed by atoms with Crippen LogP contribution in [0.1, 0.15) is 56.8 Å². The lowest BCUT2D eigenvalue weighted by atomic mass is 9.77. The third-order valence-corrected chi connectivity index (χ3v) is 9.78. The van der Waals surface area contributed by atoms with Gasteiger partial charge >= 0.3 is 7.60 Å². The third kappa shape index (κ3) is 7.94. The standard InChI is InChI=1S/C36H45N6O5P/c1-26(2)46-48(43,47-27(3)4)25-45-22-31(20-21-37)42-24-40-33-34(38-23-39-35(33)42)41-36(28-12-8-6-9-13-28,29-14-10-7-11-15-29)30-16-18-32(44-5)19-17-30/h6-19,23-24,26-27,31H,20-22,25,37H2,1-5H3,(H,38,39,41). The minimum absolute atomic E-state index is 0.183. The topological polar surface area (TPSA) is 136 Å². The van der Waals surface area contributed by atoms with Gasteiger partial charge in [0.2, 0.25) is 0 Å². The molecule has 0 saturated heterocycles. The van der Waals surface area contributed by atoms with Gasteiger partial charge < -0.3 is 34.1 Å². The van der Waals surface area contributed by atoms with Crippen molar-refractivity contribution in [3.63, 3.8) is 0 Å². The average Bonchev–Trinajstić information content (AvgIpc) is 3.52. The fraction of sp³-hybridized carbons (Fsp3) is 0.361. The van der Waals surface area contributed by atoms with Crippen LogP contribution in [0, 0.1) is 0 Å². The summed E-state index contributed by atoms with van der Waals surface area (Å²) in [7, 11) is -1.82. The van der Waals surface area contributed by atoms with Crippen molar-refractivity contribution < 1.29 is 23.1 Å². The summed E-state index contributed by atoms with van der Waals surface area (Å²) < 4.78 is 38.1. The van der Waals surface area contributed by atoms with Gasteiger partial charge in [-0.15, -0.1) is 0 Å². The fourth-order valence-electron chi connectivity index (χ4n) is 5.85. The quantitative estimate of drug-likeness (QED) is 0.0775. The van der Waals surface area contributed by atoms with Gasteiger partial charge in [0.1, 0.15) is 29.5 Å². The second-order valence-electron chi connectivity index (χ2n) is 12.0. The largest absolute Gasteiger partial charge is 0.497 e. The van der Waals surface area contributed by atoms with Crippen LogP contribution in [0.4, 0.5) is 5.82 Å². The highest BCUT2D eigenvalue weighted by Crippen LogP contribution is 2.50. The number of nitrogens with two attached hydrogens (primary N) is 1. The van der Waals surface area contributed by atoms with Crippen molar-refractivity contribution in [1.29, 1.82) is 0 Å². The molecule has 0 amide bonds. The molecule has 1 atom stereocenters. The lowest BCUT2D eigenvalue weighted by Gasteiger charge is -2.37. The van der Waals surface area contributed by atoms with Crippen LogP contribution in [-0.2, 0) is 23.9 Å². The van der Waals surface area contributed by atoms with E-state index in [-0.39, 0.29) is 31.2 Å². The molecule has 12 heteroatoms. The normalized spacial score (nSPS) is 12.9. The summed E-state index contributed by atoms with van der Waals surface area (Å²) in [4.78, 5) is 14.2. The second-order valence-corrected chi connectivity index (χ2v) is 13.9. The number of methoxy groups -OCH3 is 1. The Hall–Kier alpha value is -4.12. The van der Waals surface area contributed by atoms with Gasteiger partial charge in [-0.1, -0.05) is 72.8 Å². The molecule has 5 rings (SSSR count). The Labute approximate surface area is 282 Å². The van der Waals surface area contributed by atoms with Crippen LogP contribution in [0.5, 0.6) is 5.75 Å². The van der Waals surface area contributed by atoms with E-state index < -0.39 is 13.1 Å². The van der Waals surface area contributed by atoms with Gasteiger partial charge in [-0.25, -0.2) is 15.0 Å². The molecule has 5 aromatic rings. The predicted octanol–water partition coefficient (Wildman–Crippen LogP) is 7.15. The number of hydrogen-bond acceptors (Lipinski definition) is 10. The van der Waals surface area contributed by atoms with Gasteiger partial charge in [0.25, 0.3) is 0 Å².